The molecule has 0 spiro atoms. The Morgan fingerprint density at radius 1 is 1.38 bits per heavy atom. The van der Waals surface area contributed by atoms with E-state index in [1.807, 2.05) is 31.2 Å². The Morgan fingerprint density at radius 3 is 2.58 bits per heavy atom. The lowest BCUT2D eigenvalue weighted by Crippen LogP contribution is -2.46. The molecule has 0 unspecified atom stereocenters. The molecule has 0 aromatic heterocycles. The van der Waals surface area contributed by atoms with Crippen molar-refractivity contribution in [3.05, 3.63) is 35.4 Å². The van der Waals surface area contributed by atoms with Crippen molar-refractivity contribution in [3.8, 4) is 6.07 Å². The first kappa shape index (κ1) is 17.8. The standard InChI is InChI=1S/C18H24N4O2/c1-3-24-17(23)16-8-10-22(11-9-16)18(20-2)21-13-15-6-4-14(12-19)5-7-15/h4-7,16H,3,8-11,13H2,1-2H3,(H,20,21). The van der Waals surface area contributed by atoms with Crippen LogP contribution in [-0.2, 0) is 16.1 Å². The number of rotatable bonds is 4. The molecule has 6 heteroatoms. The van der Waals surface area contributed by atoms with Crippen LogP contribution in [0.3, 0.4) is 0 Å². The maximum Gasteiger partial charge on any atom is 0.309 e. The van der Waals surface area contributed by atoms with Crippen LogP contribution in [0.2, 0.25) is 0 Å². The third-order valence-electron chi connectivity index (χ3n) is 4.16. The number of likely N-dealkylation sites (tertiary alicyclic amines) is 1. The molecule has 0 radical (unpaired) electrons. The zero-order chi connectivity index (χ0) is 17.4. The SMILES string of the molecule is CCOC(=O)C1CCN(C(=NC)NCc2ccc(C#N)cc2)CC1. The molecule has 0 atom stereocenters. The molecule has 2 rings (SSSR count). The van der Waals surface area contributed by atoms with E-state index in [-0.39, 0.29) is 11.9 Å². The van der Waals surface area contributed by atoms with Gasteiger partial charge in [0, 0.05) is 26.7 Å². The number of hydrogen-bond acceptors (Lipinski definition) is 4. The lowest BCUT2D eigenvalue weighted by Gasteiger charge is -2.33. The fourth-order valence-corrected chi connectivity index (χ4v) is 2.80. The van der Waals surface area contributed by atoms with Gasteiger partial charge in [0.25, 0.3) is 0 Å². The van der Waals surface area contributed by atoms with Gasteiger partial charge in [-0.3, -0.25) is 9.79 Å². The van der Waals surface area contributed by atoms with Gasteiger partial charge in [0.15, 0.2) is 5.96 Å². The maximum atomic E-state index is 11.8. The molecule has 0 aliphatic carbocycles. The number of piperidine rings is 1. The van der Waals surface area contributed by atoms with E-state index in [0.29, 0.717) is 18.7 Å². The molecule has 24 heavy (non-hydrogen) atoms. The highest BCUT2D eigenvalue weighted by atomic mass is 16.5. The summed E-state index contributed by atoms with van der Waals surface area (Å²) in [4.78, 5) is 18.3. The smallest absolute Gasteiger partial charge is 0.309 e. The molecular formula is C18H24N4O2. The lowest BCUT2D eigenvalue weighted by molar-refractivity contribution is -0.149. The van der Waals surface area contributed by atoms with Gasteiger partial charge in [0.05, 0.1) is 24.2 Å². The Hall–Kier alpha value is -2.55. The Kier molecular flexibility index (Phi) is 6.62. The van der Waals surface area contributed by atoms with Crippen LogP contribution in [0.15, 0.2) is 29.3 Å². The fourth-order valence-electron chi connectivity index (χ4n) is 2.80. The Balaban J connectivity index is 1.84. The van der Waals surface area contributed by atoms with E-state index >= 15 is 0 Å². The molecule has 1 aliphatic heterocycles. The van der Waals surface area contributed by atoms with Crippen LogP contribution in [-0.4, -0.2) is 43.6 Å². The quantitative estimate of drug-likeness (QED) is 0.519. The molecule has 128 valence electrons. The van der Waals surface area contributed by atoms with Gasteiger partial charge in [-0.2, -0.15) is 5.26 Å². The molecule has 1 aromatic carbocycles. The number of nitrogens with zero attached hydrogens (tertiary/aromatic N) is 3. The number of nitriles is 1. The Bertz CT molecular complexity index is 611. The van der Waals surface area contributed by atoms with Crippen LogP contribution in [0.5, 0.6) is 0 Å². The van der Waals surface area contributed by atoms with Gasteiger partial charge >= 0.3 is 5.97 Å². The van der Waals surface area contributed by atoms with Crippen molar-refractivity contribution >= 4 is 11.9 Å². The second-order valence-electron chi connectivity index (χ2n) is 5.72. The molecular weight excluding hydrogens is 304 g/mol. The van der Waals surface area contributed by atoms with Crippen molar-refractivity contribution in [1.29, 1.82) is 5.26 Å². The third-order valence-corrected chi connectivity index (χ3v) is 4.16. The Labute approximate surface area is 143 Å². The van der Waals surface area contributed by atoms with Crippen LogP contribution in [0.25, 0.3) is 0 Å². The highest BCUT2D eigenvalue weighted by Gasteiger charge is 2.27. The van der Waals surface area contributed by atoms with Crippen molar-refractivity contribution in [1.82, 2.24) is 10.2 Å². The number of carbonyl (C=O) groups is 1. The van der Waals surface area contributed by atoms with Gasteiger partial charge < -0.3 is 15.0 Å². The minimum Gasteiger partial charge on any atom is -0.466 e. The zero-order valence-electron chi connectivity index (χ0n) is 14.3. The number of aliphatic imine (C=N–C) groups is 1. The average molecular weight is 328 g/mol. The van der Waals surface area contributed by atoms with Gasteiger partial charge in [0.2, 0.25) is 0 Å². The first-order valence-electron chi connectivity index (χ1n) is 8.29. The molecule has 1 saturated heterocycles. The summed E-state index contributed by atoms with van der Waals surface area (Å²) < 4.78 is 5.10. The molecule has 1 fully saturated rings. The summed E-state index contributed by atoms with van der Waals surface area (Å²) in [5.74, 6) is 0.747. The average Bonchev–Trinajstić information content (AvgIpc) is 2.63. The molecule has 1 N–H and O–H groups in total. The van der Waals surface area contributed by atoms with Crippen LogP contribution < -0.4 is 5.32 Å². The molecule has 1 aliphatic rings. The lowest BCUT2D eigenvalue weighted by atomic mass is 9.97. The highest BCUT2D eigenvalue weighted by Crippen LogP contribution is 2.18. The van der Waals surface area contributed by atoms with Crippen molar-refractivity contribution in [2.24, 2.45) is 10.9 Å². The second-order valence-corrected chi connectivity index (χ2v) is 5.72. The van der Waals surface area contributed by atoms with E-state index in [2.05, 4.69) is 21.3 Å². The summed E-state index contributed by atoms with van der Waals surface area (Å²) in [5.41, 5.74) is 1.75. The first-order chi connectivity index (χ1) is 11.7. The number of nitrogens with one attached hydrogen (secondary N) is 1. The van der Waals surface area contributed by atoms with Crippen molar-refractivity contribution in [2.75, 3.05) is 26.7 Å². The van der Waals surface area contributed by atoms with Gasteiger partial charge in [-0.05, 0) is 37.5 Å². The number of ether oxygens (including phenoxy) is 1. The number of carbonyl (C=O) groups excluding carboxylic acids is 1. The topological polar surface area (TPSA) is 77.7 Å². The zero-order valence-corrected chi connectivity index (χ0v) is 14.3. The van der Waals surface area contributed by atoms with Gasteiger partial charge in [0.1, 0.15) is 0 Å². The van der Waals surface area contributed by atoms with Gasteiger partial charge in [-0.25, -0.2) is 0 Å². The summed E-state index contributed by atoms with van der Waals surface area (Å²) in [6, 6.07) is 9.61. The minimum absolute atomic E-state index is 0.00201. The molecule has 1 heterocycles. The minimum atomic E-state index is -0.0855. The van der Waals surface area contributed by atoms with E-state index in [1.165, 1.54) is 0 Å². The van der Waals surface area contributed by atoms with Crippen molar-refractivity contribution in [2.45, 2.75) is 26.3 Å². The summed E-state index contributed by atoms with van der Waals surface area (Å²) in [7, 11) is 1.76. The molecule has 1 aromatic rings. The maximum absolute atomic E-state index is 11.8. The number of hydrogen-bond donors (Lipinski definition) is 1. The van der Waals surface area contributed by atoms with E-state index in [4.69, 9.17) is 10.00 Å². The van der Waals surface area contributed by atoms with Crippen molar-refractivity contribution < 1.29 is 9.53 Å². The summed E-state index contributed by atoms with van der Waals surface area (Å²) in [5, 5.41) is 12.2. The summed E-state index contributed by atoms with van der Waals surface area (Å²) >= 11 is 0. The second kappa shape index (κ2) is 8.92. The number of esters is 1. The predicted molar refractivity (Wildman–Crippen MR) is 92.3 cm³/mol. The van der Waals surface area contributed by atoms with Crippen LogP contribution in [0.4, 0.5) is 0 Å². The van der Waals surface area contributed by atoms with Gasteiger partial charge in [-0.15, -0.1) is 0 Å². The monoisotopic (exact) mass is 328 g/mol. The molecule has 6 nitrogen and oxygen atoms in total. The van der Waals surface area contributed by atoms with Crippen molar-refractivity contribution in [3.63, 3.8) is 0 Å². The van der Waals surface area contributed by atoms with Crippen LogP contribution >= 0.6 is 0 Å². The first-order valence-corrected chi connectivity index (χ1v) is 8.29. The van der Waals surface area contributed by atoms with E-state index in [0.717, 1.165) is 37.5 Å². The van der Waals surface area contributed by atoms with E-state index in [1.54, 1.807) is 7.05 Å². The largest absolute Gasteiger partial charge is 0.466 e. The van der Waals surface area contributed by atoms with Crippen LogP contribution in [0.1, 0.15) is 30.9 Å². The summed E-state index contributed by atoms with van der Waals surface area (Å²) in [6.45, 7) is 4.50. The molecule has 0 amide bonds. The molecule has 0 bridgehead atoms. The number of guanidine groups is 1. The Morgan fingerprint density at radius 2 is 2.04 bits per heavy atom. The number of benzene rings is 1. The normalized spacial score (nSPS) is 15.7. The van der Waals surface area contributed by atoms with Gasteiger partial charge in [-0.1, -0.05) is 12.1 Å². The fraction of sp³-hybridized carbons (Fsp3) is 0.500. The summed E-state index contributed by atoms with van der Waals surface area (Å²) in [6.07, 6.45) is 1.58. The van der Waals surface area contributed by atoms with E-state index in [9.17, 15) is 4.79 Å². The molecule has 0 saturated carbocycles. The van der Waals surface area contributed by atoms with Crippen LogP contribution in [0, 0.1) is 17.2 Å². The highest BCUT2D eigenvalue weighted by molar-refractivity contribution is 5.80. The predicted octanol–water partition coefficient (Wildman–Crippen LogP) is 1.91. The van der Waals surface area contributed by atoms with E-state index < -0.39 is 0 Å². The third kappa shape index (κ3) is 4.72.